The lowest BCUT2D eigenvalue weighted by atomic mass is 9.99. The summed E-state index contributed by atoms with van der Waals surface area (Å²) in [6.07, 6.45) is 0.983. The monoisotopic (exact) mass is 240 g/mol. The van der Waals surface area contributed by atoms with Crippen LogP contribution in [0.1, 0.15) is 24.2 Å². The van der Waals surface area contributed by atoms with E-state index in [1.807, 2.05) is 62.4 Å². The number of carbonyl (C=O) groups is 1. The van der Waals surface area contributed by atoms with Gasteiger partial charge in [-0.1, -0.05) is 42.5 Å². The van der Waals surface area contributed by atoms with Gasteiger partial charge in [0.1, 0.15) is 5.75 Å². The van der Waals surface area contributed by atoms with Gasteiger partial charge in [-0.15, -0.1) is 0 Å². The van der Waals surface area contributed by atoms with Gasteiger partial charge in [0.2, 0.25) is 0 Å². The largest absolute Gasteiger partial charge is 0.490 e. The van der Waals surface area contributed by atoms with E-state index in [4.69, 9.17) is 4.74 Å². The number of hydrogen-bond donors (Lipinski definition) is 0. The Labute approximate surface area is 107 Å². The van der Waals surface area contributed by atoms with Crippen LogP contribution in [0.4, 0.5) is 0 Å². The zero-order chi connectivity index (χ0) is 13.0. The van der Waals surface area contributed by atoms with Crippen molar-refractivity contribution in [3.8, 4) is 16.9 Å². The number of hydrogen-bond acceptors (Lipinski definition) is 2. The van der Waals surface area contributed by atoms with Gasteiger partial charge in [0.25, 0.3) is 0 Å². The van der Waals surface area contributed by atoms with Crippen LogP contribution in [0.5, 0.6) is 5.75 Å². The van der Waals surface area contributed by atoms with Gasteiger partial charge < -0.3 is 4.74 Å². The summed E-state index contributed by atoms with van der Waals surface area (Å²) in [5.41, 5.74) is 2.54. The molecule has 0 N–H and O–H groups in total. The SMILES string of the molecule is CC(C)Oc1ccccc1-c1ccccc1C=O. The van der Waals surface area contributed by atoms with E-state index < -0.39 is 0 Å². The smallest absolute Gasteiger partial charge is 0.150 e. The minimum absolute atomic E-state index is 0.106. The summed E-state index contributed by atoms with van der Waals surface area (Å²) < 4.78 is 5.78. The Morgan fingerprint density at radius 2 is 1.56 bits per heavy atom. The van der Waals surface area contributed by atoms with Gasteiger partial charge >= 0.3 is 0 Å². The van der Waals surface area contributed by atoms with Crippen molar-refractivity contribution in [1.82, 2.24) is 0 Å². The maximum Gasteiger partial charge on any atom is 0.150 e. The zero-order valence-corrected chi connectivity index (χ0v) is 10.6. The van der Waals surface area contributed by atoms with Gasteiger partial charge in [-0.2, -0.15) is 0 Å². The Hall–Kier alpha value is -2.09. The molecular weight excluding hydrogens is 224 g/mol. The van der Waals surface area contributed by atoms with Crippen molar-refractivity contribution in [2.45, 2.75) is 20.0 Å². The van der Waals surface area contributed by atoms with Crippen LogP contribution in [0.25, 0.3) is 11.1 Å². The Morgan fingerprint density at radius 1 is 0.944 bits per heavy atom. The van der Waals surface area contributed by atoms with E-state index in [2.05, 4.69) is 0 Å². The number of carbonyl (C=O) groups excluding carboxylic acids is 1. The minimum atomic E-state index is 0.106. The summed E-state index contributed by atoms with van der Waals surface area (Å²) in [5.74, 6) is 0.807. The number of ether oxygens (including phenoxy) is 1. The molecule has 2 aromatic carbocycles. The van der Waals surface area contributed by atoms with Gasteiger partial charge in [0.15, 0.2) is 6.29 Å². The summed E-state index contributed by atoms with van der Waals surface area (Å²) in [6, 6.07) is 15.3. The first-order valence-corrected chi connectivity index (χ1v) is 6.02. The highest BCUT2D eigenvalue weighted by molar-refractivity contribution is 5.89. The summed E-state index contributed by atoms with van der Waals surface area (Å²) >= 11 is 0. The van der Waals surface area contributed by atoms with Gasteiger partial charge in [-0.3, -0.25) is 4.79 Å². The topological polar surface area (TPSA) is 26.3 Å². The Morgan fingerprint density at radius 3 is 2.22 bits per heavy atom. The van der Waals surface area contributed by atoms with Crippen LogP contribution in [-0.4, -0.2) is 12.4 Å². The molecule has 0 unspecified atom stereocenters. The molecule has 2 aromatic rings. The van der Waals surface area contributed by atoms with Crippen LogP contribution in [-0.2, 0) is 0 Å². The highest BCUT2D eigenvalue weighted by Crippen LogP contribution is 2.32. The third-order valence-corrected chi connectivity index (χ3v) is 2.63. The zero-order valence-electron chi connectivity index (χ0n) is 10.6. The molecule has 0 aliphatic rings. The van der Waals surface area contributed by atoms with Crippen LogP contribution in [0.15, 0.2) is 48.5 Å². The first-order valence-electron chi connectivity index (χ1n) is 6.02. The number of benzene rings is 2. The lowest BCUT2D eigenvalue weighted by Crippen LogP contribution is -2.06. The molecule has 0 fully saturated rings. The number of aldehydes is 1. The second kappa shape index (κ2) is 5.50. The Balaban J connectivity index is 2.53. The first kappa shape index (κ1) is 12.4. The highest BCUT2D eigenvalue weighted by Gasteiger charge is 2.10. The molecule has 2 heteroatoms. The van der Waals surface area contributed by atoms with Crippen molar-refractivity contribution in [1.29, 1.82) is 0 Å². The molecule has 0 bridgehead atoms. The fraction of sp³-hybridized carbons (Fsp3) is 0.188. The average Bonchev–Trinajstić information content (AvgIpc) is 2.39. The van der Waals surface area contributed by atoms with E-state index in [1.165, 1.54) is 0 Å². The van der Waals surface area contributed by atoms with Crippen LogP contribution < -0.4 is 4.74 Å². The molecule has 18 heavy (non-hydrogen) atoms. The highest BCUT2D eigenvalue weighted by atomic mass is 16.5. The van der Waals surface area contributed by atoms with Crippen molar-refractivity contribution >= 4 is 6.29 Å². The molecule has 0 saturated carbocycles. The summed E-state index contributed by atoms with van der Waals surface area (Å²) in [7, 11) is 0. The minimum Gasteiger partial charge on any atom is -0.490 e. The van der Waals surface area contributed by atoms with Gasteiger partial charge in [-0.25, -0.2) is 0 Å². The third kappa shape index (κ3) is 2.59. The molecule has 0 aliphatic carbocycles. The molecule has 0 saturated heterocycles. The van der Waals surface area contributed by atoms with Crippen LogP contribution >= 0.6 is 0 Å². The molecule has 92 valence electrons. The van der Waals surface area contributed by atoms with E-state index in [0.29, 0.717) is 5.56 Å². The van der Waals surface area contributed by atoms with Crippen molar-refractivity contribution < 1.29 is 9.53 Å². The molecule has 0 spiro atoms. The maximum absolute atomic E-state index is 11.1. The molecule has 0 amide bonds. The van der Waals surface area contributed by atoms with Crippen LogP contribution in [0.2, 0.25) is 0 Å². The molecule has 0 heterocycles. The summed E-state index contributed by atoms with van der Waals surface area (Å²) in [6.45, 7) is 3.98. The van der Waals surface area contributed by atoms with Gasteiger partial charge in [0, 0.05) is 11.1 Å². The van der Waals surface area contributed by atoms with Gasteiger partial charge in [0.05, 0.1) is 6.10 Å². The van der Waals surface area contributed by atoms with E-state index in [-0.39, 0.29) is 6.10 Å². The number of para-hydroxylation sites is 1. The number of rotatable bonds is 4. The fourth-order valence-corrected chi connectivity index (χ4v) is 1.89. The molecule has 2 rings (SSSR count). The van der Waals surface area contributed by atoms with Gasteiger partial charge in [-0.05, 0) is 25.5 Å². The predicted octanol–water partition coefficient (Wildman–Crippen LogP) is 3.95. The average molecular weight is 240 g/mol. The lowest BCUT2D eigenvalue weighted by Gasteiger charge is -2.15. The molecular formula is C16H16O2. The third-order valence-electron chi connectivity index (χ3n) is 2.63. The summed E-state index contributed by atoms with van der Waals surface area (Å²) in [5, 5.41) is 0. The normalized spacial score (nSPS) is 10.4. The Bertz CT molecular complexity index is 544. The summed E-state index contributed by atoms with van der Waals surface area (Å²) in [4.78, 5) is 11.1. The van der Waals surface area contributed by atoms with Crippen molar-refractivity contribution in [2.24, 2.45) is 0 Å². The Kier molecular flexibility index (Phi) is 3.78. The molecule has 0 aliphatic heterocycles. The molecule has 0 radical (unpaired) electrons. The second-order valence-electron chi connectivity index (χ2n) is 4.37. The second-order valence-corrected chi connectivity index (χ2v) is 4.37. The molecule has 2 nitrogen and oxygen atoms in total. The van der Waals surface area contributed by atoms with E-state index in [1.54, 1.807) is 0 Å². The van der Waals surface area contributed by atoms with E-state index in [9.17, 15) is 4.79 Å². The quantitative estimate of drug-likeness (QED) is 0.756. The predicted molar refractivity (Wildman–Crippen MR) is 73.0 cm³/mol. The van der Waals surface area contributed by atoms with E-state index >= 15 is 0 Å². The molecule has 0 atom stereocenters. The van der Waals surface area contributed by atoms with Crippen molar-refractivity contribution in [3.63, 3.8) is 0 Å². The fourth-order valence-electron chi connectivity index (χ4n) is 1.89. The van der Waals surface area contributed by atoms with Crippen molar-refractivity contribution in [2.75, 3.05) is 0 Å². The van der Waals surface area contributed by atoms with Crippen molar-refractivity contribution in [3.05, 3.63) is 54.1 Å². The van der Waals surface area contributed by atoms with Crippen LogP contribution in [0.3, 0.4) is 0 Å². The van der Waals surface area contributed by atoms with E-state index in [0.717, 1.165) is 23.2 Å². The lowest BCUT2D eigenvalue weighted by molar-refractivity contribution is 0.112. The first-order chi connectivity index (χ1) is 8.72. The maximum atomic E-state index is 11.1. The van der Waals surface area contributed by atoms with Crippen LogP contribution in [0, 0.1) is 0 Å². The standard InChI is InChI=1S/C16H16O2/c1-12(2)18-16-10-6-5-9-15(16)14-8-4-3-7-13(14)11-17/h3-12H,1-2H3. The molecule has 0 aromatic heterocycles.